The van der Waals surface area contributed by atoms with Gasteiger partial charge < -0.3 is 10.4 Å². The van der Waals surface area contributed by atoms with Crippen LogP contribution in [0.5, 0.6) is 0 Å². The maximum absolute atomic E-state index is 10.6. The van der Waals surface area contributed by atoms with E-state index in [1.165, 1.54) is 11.3 Å². The van der Waals surface area contributed by atoms with Crippen molar-refractivity contribution in [3.8, 4) is 0 Å². The van der Waals surface area contributed by atoms with Crippen molar-refractivity contribution >= 4 is 22.4 Å². The molecule has 1 atom stereocenters. The highest BCUT2D eigenvalue weighted by Crippen LogP contribution is 2.18. The lowest BCUT2D eigenvalue weighted by Gasteiger charge is -2.13. The van der Waals surface area contributed by atoms with Crippen molar-refractivity contribution in [2.45, 2.75) is 39.2 Å². The Morgan fingerprint density at radius 1 is 1.67 bits per heavy atom. The monoisotopic (exact) mass is 228 g/mol. The number of nitrogens with one attached hydrogen (secondary N) is 1. The summed E-state index contributed by atoms with van der Waals surface area (Å²) in [5.41, 5.74) is 1.05. The Morgan fingerprint density at radius 2 is 2.40 bits per heavy atom. The van der Waals surface area contributed by atoms with Crippen LogP contribution in [0.4, 0.5) is 5.13 Å². The van der Waals surface area contributed by atoms with Crippen LogP contribution in [0.15, 0.2) is 5.38 Å². The van der Waals surface area contributed by atoms with Crippen LogP contribution in [0.2, 0.25) is 0 Å². The lowest BCUT2D eigenvalue weighted by Crippen LogP contribution is -2.22. The largest absolute Gasteiger partial charge is 0.481 e. The molecule has 1 heterocycles. The van der Waals surface area contributed by atoms with Crippen molar-refractivity contribution in [3.63, 3.8) is 0 Å². The summed E-state index contributed by atoms with van der Waals surface area (Å²) in [7, 11) is 0. The fourth-order valence-electron chi connectivity index (χ4n) is 1.22. The molecule has 0 saturated carbocycles. The van der Waals surface area contributed by atoms with Crippen molar-refractivity contribution in [2.24, 2.45) is 0 Å². The molecule has 1 rings (SSSR count). The smallest absolute Gasteiger partial charge is 0.305 e. The van der Waals surface area contributed by atoms with Crippen molar-refractivity contribution in [1.82, 2.24) is 4.98 Å². The number of carboxylic acid groups (broad SMARTS) is 1. The third-order valence-corrected chi connectivity index (χ3v) is 2.98. The van der Waals surface area contributed by atoms with E-state index in [0.29, 0.717) is 0 Å². The Labute approximate surface area is 93.4 Å². The maximum Gasteiger partial charge on any atom is 0.305 e. The zero-order valence-corrected chi connectivity index (χ0v) is 9.80. The van der Waals surface area contributed by atoms with Crippen LogP contribution in [0.3, 0.4) is 0 Å². The first-order valence-corrected chi connectivity index (χ1v) is 5.96. The molecule has 0 aliphatic heterocycles. The standard InChI is InChI=1S/C10H16N2O2S/c1-3-7(5-9(13)14)11-10-12-8(4-2)6-15-10/h6-7H,3-5H2,1-2H3,(H,11,12)(H,13,14). The number of aromatic nitrogens is 1. The van der Waals surface area contributed by atoms with Crippen LogP contribution in [0, 0.1) is 0 Å². The Hall–Kier alpha value is -1.10. The van der Waals surface area contributed by atoms with E-state index in [9.17, 15) is 4.79 Å². The number of rotatable bonds is 6. The average molecular weight is 228 g/mol. The van der Waals surface area contributed by atoms with Gasteiger partial charge in [0.05, 0.1) is 12.1 Å². The van der Waals surface area contributed by atoms with E-state index < -0.39 is 5.97 Å². The predicted octanol–water partition coefficient (Wildman–Crippen LogP) is 2.37. The molecule has 84 valence electrons. The van der Waals surface area contributed by atoms with Crippen LogP contribution in [-0.4, -0.2) is 22.1 Å². The molecule has 0 aliphatic rings. The minimum absolute atomic E-state index is 0.0293. The van der Waals surface area contributed by atoms with E-state index in [4.69, 9.17) is 5.11 Å². The zero-order chi connectivity index (χ0) is 11.3. The van der Waals surface area contributed by atoms with Crippen LogP contribution in [-0.2, 0) is 11.2 Å². The number of thiazole rings is 1. The molecule has 0 saturated heterocycles. The highest BCUT2D eigenvalue weighted by atomic mass is 32.1. The van der Waals surface area contributed by atoms with Gasteiger partial charge in [-0.25, -0.2) is 4.98 Å². The van der Waals surface area contributed by atoms with Crippen LogP contribution < -0.4 is 5.32 Å². The van der Waals surface area contributed by atoms with Crippen LogP contribution in [0.1, 0.15) is 32.4 Å². The molecule has 1 aromatic heterocycles. The maximum atomic E-state index is 10.6. The summed E-state index contributed by atoms with van der Waals surface area (Å²) < 4.78 is 0. The highest BCUT2D eigenvalue weighted by molar-refractivity contribution is 7.13. The molecule has 0 radical (unpaired) electrons. The first kappa shape index (κ1) is 12.0. The number of aryl methyl sites for hydroxylation is 1. The quantitative estimate of drug-likeness (QED) is 0.784. The molecule has 1 aromatic rings. The molecule has 0 fully saturated rings. The Balaban J connectivity index is 2.54. The first-order valence-electron chi connectivity index (χ1n) is 5.08. The van der Waals surface area contributed by atoms with Crippen LogP contribution in [0.25, 0.3) is 0 Å². The highest BCUT2D eigenvalue weighted by Gasteiger charge is 2.12. The molecule has 15 heavy (non-hydrogen) atoms. The summed E-state index contributed by atoms with van der Waals surface area (Å²) in [6.07, 6.45) is 1.83. The molecule has 0 aromatic carbocycles. The summed E-state index contributed by atoms with van der Waals surface area (Å²) in [6.45, 7) is 4.02. The van der Waals surface area contributed by atoms with Gasteiger partial charge in [0.2, 0.25) is 0 Å². The summed E-state index contributed by atoms with van der Waals surface area (Å²) in [5.74, 6) is -0.776. The number of nitrogens with zero attached hydrogens (tertiary/aromatic N) is 1. The minimum Gasteiger partial charge on any atom is -0.481 e. The number of aliphatic carboxylic acids is 1. The van der Waals surface area contributed by atoms with E-state index in [2.05, 4.69) is 10.3 Å². The molecular formula is C10H16N2O2S. The number of hydrogen-bond acceptors (Lipinski definition) is 4. The van der Waals surface area contributed by atoms with Gasteiger partial charge in [0.15, 0.2) is 5.13 Å². The molecule has 4 nitrogen and oxygen atoms in total. The van der Waals surface area contributed by atoms with Gasteiger partial charge in [0.1, 0.15) is 0 Å². The van der Waals surface area contributed by atoms with Gasteiger partial charge in [-0.2, -0.15) is 0 Å². The zero-order valence-electron chi connectivity index (χ0n) is 8.99. The van der Waals surface area contributed by atoms with Gasteiger partial charge in [0, 0.05) is 11.4 Å². The normalized spacial score (nSPS) is 12.4. The Kier molecular flexibility index (Phi) is 4.55. The third-order valence-electron chi connectivity index (χ3n) is 2.16. The number of hydrogen-bond donors (Lipinski definition) is 2. The molecule has 5 heteroatoms. The van der Waals surface area contributed by atoms with Gasteiger partial charge >= 0.3 is 5.97 Å². The number of carboxylic acids is 1. The van der Waals surface area contributed by atoms with Gasteiger partial charge in [-0.3, -0.25) is 4.79 Å². The van der Waals surface area contributed by atoms with Gasteiger partial charge in [-0.15, -0.1) is 11.3 Å². The van der Waals surface area contributed by atoms with Crippen molar-refractivity contribution in [3.05, 3.63) is 11.1 Å². The van der Waals surface area contributed by atoms with Crippen molar-refractivity contribution in [1.29, 1.82) is 0 Å². The third kappa shape index (κ3) is 3.87. The van der Waals surface area contributed by atoms with Gasteiger partial charge in [-0.05, 0) is 12.8 Å². The molecule has 0 bridgehead atoms. The fourth-order valence-corrected chi connectivity index (χ4v) is 2.09. The van der Waals surface area contributed by atoms with Crippen molar-refractivity contribution in [2.75, 3.05) is 5.32 Å². The fraction of sp³-hybridized carbons (Fsp3) is 0.600. The van der Waals surface area contributed by atoms with E-state index >= 15 is 0 Å². The topological polar surface area (TPSA) is 62.2 Å². The van der Waals surface area contributed by atoms with Crippen molar-refractivity contribution < 1.29 is 9.90 Å². The Bertz CT molecular complexity index is 325. The molecule has 1 unspecified atom stereocenters. The second-order valence-corrected chi connectivity index (χ2v) is 4.20. The second kappa shape index (κ2) is 5.70. The Morgan fingerprint density at radius 3 is 2.87 bits per heavy atom. The molecular weight excluding hydrogens is 212 g/mol. The summed E-state index contributed by atoms with van der Waals surface area (Å²) in [6, 6.07) is -0.0293. The van der Waals surface area contributed by atoms with Gasteiger partial charge in [-0.1, -0.05) is 13.8 Å². The summed E-state index contributed by atoms with van der Waals surface area (Å²) in [5, 5.41) is 14.6. The molecule has 0 aliphatic carbocycles. The lowest BCUT2D eigenvalue weighted by molar-refractivity contribution is -0.137. The second-order valence-electron chi connectivity index (χ2n) is 3.34. The van der Waals surface area contributed by atoms with E-state index in [0.717, 1.165) is 23.7 Å². The molecule has 0 amide bonds. The SMILES string of the molecule is CCc1csc(NC(CC)CC(=O)O)n1. The molecule has 0 spiro atoms. The first-order chi connectivity index (χ1) is 7.15. The van der Waals surface area contributed by atoms with Crippen LogP contribution >= 0.6 is 11.3 Å². The minimum atomic E-state index is -0.776. The summed E-state index contributed by atoms with van der Waals surface area (Å²) in [4.78, 5) is 14.9. The predicted molar refractivity (Wildman–Crippen MR) is 61.4 cm³/mol. The van der Waals surface area contributed by atoms with E-state index in [1.54, 1.807) is 0 Å². The average Bonchev–Trinajstić information content (AvgIpc) is 2.64. The number of carbonyl (C=O) groups is 1. The van der Waals surface area contributed by atoms with E-state index in [-0.39, 0.29) is 12.5 Å². The number of anilines is 1. The molecule has 2 N–H and O–H groups in total. The summed E-state index contributed by atoms with van der Waals surface area (Å²) >= 11 is 1.53. The van der Waals surface area contributed by atoms with Gasteiger partial charge in [0.25, 0.3) is 0 Å². The lowest BCUT2D eigenvalue weighted by atomic mass is 10.1. The van der Waals surface area contributed by atoms with E-state index in [1.807, 2.05) is 19.2 Å².